The minimum Gasteiger partial charge on any atom is -0.444 e. The Balaban J connectivity index is 3.38. The fourth-order valence-electron chi connectivity index (χ4n) is 3.83. The lowest BCUT2D eigenvalue weighted by Gasteiger charge is -2.35. The second kappa shape index (κ2) is 12.8. The summed E-state index contributed by atoms with van der Waals surface area (Å²) in [5.74, 6) is -0.736. The SMILES string of the molecule is CCCC(C)NC(=O)C(c1ccc(C)c(C)c1)N(CC)C(=O)C(NC(=O)OC(C)(C)C)C(C)C. The van der Waals surface area contributed by atoms with E-state index in [0.29, 0.717) is 6.54 Å². The van der Waals surface area contributed by atoms with Crippen LogP contribution in [0.2, 0.25) is 0 Å². The van der Waals surface area contributed by atoms with Crippen LogP contribution in [0.3, 0.4) is 0 Å². The summed E-state index contributed by atoms with van der Waals surface area (Å²) in [6.07, 6.45) is 1.14. The number of hydrogen-bond donors (Lipinski definition) is 2. The quantitative estimate of drug-likeness (QED) is 0.496. The monoisotopic (exact) mass is 475 g/mol. The zero-order chi connectivity index (χ0) is 26.2. The van der Waals surface area contributed by atoms with E-state index in [4.69, 9.17) is 4.74 Å². The van der Waals surface area contributed by atoms with E-state index in [9.17, 15) is 14.4 Å². The average Bonchev–Trinajstić information content (AvgIpc) is 2.70. The molecule has 2 N–H and O–H groups in total. The number of ether oxygens (including phenoxy) is 1. The predicted octanol–water partition coefficient (Wildman–Crippen LogP) is 5.05. The van der Waals surface area contributed by atoms with E-state index >= 15 is 0 Å². The molecular formula is C27H45N3O4. The molecule has 0 aromatic heterocycles. The minimum absolute atomic E-state index is 0.0128. The first-order valence-electron chi connectivity index (χ1n) is 12.4. The van der Waals surface area contributed by atoms with Gasteiger partial charge in [-0.05, 0) is 77.5 Å². The number of benzene rings is 1. The van der Waals surface area contributed by atoms with Crippen LogP contribution in [0.25, 0.3) is 0 Å². The normalized spacial score (nSPS) is 14.2. The van der Waals surface area contributed by atoms with Gasteiger partial charge in [-0.25, -0.2) is 4.79 Å². The lowest BCUT2D eigenvalue weighted by atomic mass is 9.96. The van der Waals surface area contributed by atoms with Crippen LogP contribution >= 0.6 is 0 Å². The number of aryl methyl sites for hydroxylation is 2. The van der Waals surface area contributed by atoms with E-state index in [0.717, 1.165) is 29.5 Å². The third-order valence-corrected chi connectivity index (χ3v) is 5.75. The summed E-state index contributed by atoms with van der Waals surface area (Å²) in [5, 5.41) is 5.81. The first kappa shape index (κ1) is 29.5. The first-order valence-corrected chi connectivity index (χ1v) is 12.4. The molecule has 1 aromatic carbocycles. The van der Waals surface area contributed by atoms with Gasteiger partial charge < -0.3 is 20.3 Å². The summed E-state index contributed by atoms with van der Waals surface area (Å²) in [5.41, 5.74) is 2.23. The van der Waals surface area contributed by atoms with E-state index in [-0.39, 0.29) is 23.8 Å². The third kappa shape index (κ3) is 8.65. The van der Waals surface area contributed by atoms with Gasteiger partial charge in [-0.2, -0.15) is 0 Å². The van der Waals surface area contributed by atoms with E-state index in [2.05, 4.69) is 17.6 Å². The van der Waals surface area contributed by atoms with Gasteiger partial charge in [0.25, 0.3) is 0 Å². The number of amides is 3. The zero-order valence-electron chi connectivity index (χ0n) is 22.7. The first-order chi connectivity index (χ1) is 15.7. The van der Waals surface area contributed by atoms with Crippen molar-refractivity contribution >= 4 is 17.9 Å². The van der Waals surface area contributed by atoms with Gasteiger partial charge in [0.05, 0.1) is 0 Å². The molecule has 0 radical (unpaired) electrons. The van der Waals surface area contributed by atoms with Crippen LogP contribution < -0.4 is 10.6 Å². The van der Waals surface area contributed by atoms with Crippen LogP contribution in [-0.2, 0) is 14.3 Å². The molecule has 0 saturated carbocycles. The van der Waals surface area contributed by atoms with Gasteiger partial charge in [-0.1, -0.05) is 45.4 Å². The van der Waals surface area contributed by atoms with Gasteiger partial charge in [0.1, 0.15) is 17.7 Å². The maximum atomic E-state index is 13.8. The number of hydrogen-bond acceptors (Lipinski definition) is 4. The summed E-state index contributed by atoms with van der Waals surface area (Å²) in [6.45, 7) is 19.2. The molecule has 3 unspecified atom stereocenters. The molecule has 0 saturated heterocycles. The Bertz CT molecular complexity index is 845. The fourth-order valence-corrected chi connectivity index (χ4v) is 3.83. The highest BCUT2D eigenvalue weighted by Crippen LogP contribution is 2.26. The Morgan fingerprint density at radius 1 is 1.00 bits per heavy atom. The number of nitrogens with one attached hydrogen (secondary N) is 2. The molecule has 0 bridgehead atoms. The summed E-state index contributed by atoms with van der Waals surface area (Å²) in [6, 6.07) is 4.19. The van der Waals surface area contributed by atoms with Crippen LogP contribution in [0, 0.1) is 19.8 Å². The van der Waals surface area contributed by atoms with Crippen molar-refractivity contribution in [3.63, 3.8) is 0 Å². The summed E-state index contributed by atoms with van der Waals surface area (Å²) >= 11 is 0. The smallest absolute Gasteiger partial charge is 0.408 e. The number of nitrogens with zero attached hydrogens (tertiary/aromatic N) is 1. The summed E-state index contributed by atoms with van der Waals surface area (Å²) in [7, 11) is 0. The van der Waals surface area contributed by atoms with E-state index in [1.54, 1.807) is 25.7 Å². The highest BCUT2D eigenvalue weighted by atomic mass is 16.6. The Labute approximate surface area is 206 Å². The predicted molar refractivity (Wildman–Crippen MR) is 137 cm³/mol. The van der Waals surface area contributed by atoms with Crippen LogP contribution in [0.1, 0.15) is 91.0 Å². The Kier molecular flexibility index (Phi) is 11.1. The van der Waals surface area contributed by atoms with Gasteiger partial charge in [-0.15, -0.1) is 0 Å². The number of likely N-dealkylation sites (N-methyl/N-ethyl adjacent to an activating group) is 1. The average molecular weight is 476 g/mol. The maximum absolute atomic E-state index is 13.8. The van der Waals surface area contributed by atoms with Gasteiger partial charge in [0, 0.05) is 12.6 Å². The molecule has 0 aliphatic rings. The Morgan fingerprint density at radius 3 is 2.09 bits per heavy atom. The number of rotatable bonds is 10. The van der Waals surface area contributed by atoms with E-state index < -0.39 is 23.8 Å². The number of alkyl carbamates (subject to hydrolysis) is 1. The van der Waals surface area contributed by atoms with E-state index in [1.807, 2.05) is 59.7 Å². The van der Waals surface area contributed by atoms with Crippen molar-refractivity contribution in [3.05, 3.63) is 34.9 Å². The molecule has 1 aromatic rings. The largest absolute Gasteiger partial charge is 0.444 e. The van der Waals surface area contributed by atoms with Crippen molar-refractivity contribution < 1.29 is 19.1 Å². The molecule has 34 heavy (non-hydrogen) atoms. The third-order valence-electron chi connectivity index (χ3n) is 5.75. The number of carbonyl (C=O) groups excluding carboxylic acids is 3. The second-order valence-electron chi connectivity index (χ2n) is 10.4. The van der Waals surface area contributed by atoms with Crippen LogP contribution in [-0.4, -0.2) is 47.0 Å². The van der Waals surface area contributed by atoms with Crippen LogP contribution in [0.5, 0.6) is 0 Å². The highest BCUT2D eigenvalue weighted by molar-refractivity contribution is 5.92. The van der Waals surface area contributed by atoms with Gasteiger partial charge in [-0.3, -0.25) is 9.59 Å². The molecular weight excluding hydrogens is 430 g/mol. The molecule has 0 spiro atoms. The maximum Gasteiger partial charge on any atom is 0.408 e. The van der Waals surface area contributed by atoms with Crippen LogP contribution in [0.15, 0.2) is 18.2 Å². The Hall–Kier alpha value is -2.57. The molecule has 1 rings (SSSR count). The van der Waals surface area contributed by atoms with Crippen LogP contribution in [0.4, 0.5) is 4.79 Å². The molecule has 0 fully saturated rings. The van der Waals surface area contributed by atoms with Crippen molar-refractivity contribution in [1.82, 2.24) is 15.5 Å². The summed E-state index contributed by atoms with van der Waals surface area (Å²) < 4.78 is 5.38. The molecule has 0 aliphatic heterocycles. The fraction of sp³-hybridized carbons (Fsp3) is 0.667. The minimum atomic E-state index is -0.829. The Morgan fingerprint density at radius 2 is 1.62 bits per heavy atom. The lowest BCUT2D eigenvalue weighted by molar-refractivity contribution is -0.143. The van der Waals surface area contributed by atoms with Gasteiger partial charge in [0.15, 0.2) is 0 Å². The van der Waals surface area contributed by atoms with Crippen molar-refractivity contribution in [1.29, 1.82) is 0 Å². The van der Waals surface area contributed by atoms with Crippen molar-refractivity contribution in [3.8, 4) is 0 Å². The standard InChI is InChI=1S/C27H45N3O4/c1-11-13-20(7)28-24(31)23(21-15-14-18(5)19(6)16-21)30(12-2)25(32)22(17(3)4)29-26(33)34-27(8,9)10/h14-17,20,22-23H,11-13H2,1-10H3,(H,28,31)(H,29,33). The molecule has 0 heterocycles. The molecule has 192 valence electrons. The molecule has 7 nitrogen and oxygen atoms in total. The van der Waals surface area contributed by atoms with E-state index in [1.165, 1.54) is 0 Å². The molecule has 3 atom stereocenters. The van der Waals surface area contributed by atoms with Crippen molar-refractivity contribution in [2.75, 3.05) is 6.54 Å². The second-order valence-corrected chi connectivity index (χ2v) is 10.4. The topological polar surface area (TPSA) is 87.7 Å². The van der Waals surface area contributed by atoms with Gasteiger partial charge >= 0.3 is 6.09 Å². The van der Waals surface area contributed by atoms with Gasteiger partial charge in [0.2, 0.25) is 11.8 Å². The number of carbonyl (C=O) groups is 3. The highest BCUT2D eigenvalue weighted by Gasteiger charge is 2.37. The summed E-state index contributed by atoms with van der Waals surface area (Å²) in [4.78, 5) is 41.3. The van der Waals surface area contributed by atoms with Crippen molar-refractivity contribution in [2.45, 2.75) is 106 Å². The zero-order valence-corrected chi connectivity index (χ0v) is 22.7. The molecule has 3 amide bonds. The lowest BCUT2D eigenvalue weighted by Crippen LogP contribution is -2.55. The van der Waals surface area contributed by atoms with Crippen molar-refractivity contribution in [2.24, 2.45) is 5.92 Å². The molecule has 0 aliphatic carbocycles. The molecule has 7 heteroatoms.